The molecule has 0 aromatic heterocycles. The van der Waals surface area contributed by atoms with Crippen molar-refractivity contribution in [2.45, 2.75) is 19.8 Å². The van der Waals surface area contributed by atoms with Crippen molar-refractivity contribution < 1.29 is 4.79 Å². The summed E-state index contributed by atoms with van der Waals surface area (Å²) in [6, 6.07) is 8.24. The van der Waals surface area contributed by atoms with Crippen molar-refractivity contribution in [3.8, 4) is 0 Å². The van der Waals surface area contributed by atoms with Crippen molar-refractivity contribution in [2.24, 2.45) is 5.92 Å². The van der Waals surface area contributed by atoms with E-state index in [0.29, 0.717) is 12.3 Å². The van der Waals surface area contributed by atoms with Crippen molar-refractivity contribution in [3.63, 3.8) is 0 Å². The predicted molar refractivity (Wildman–Crippen MR) is 57.7 cm³/mol. The van der Waals surface area contributed by atoms with Gasteiger partial charge in [0.05, 0.1) is 0 Å². The molecule has 1 aromatic rings. The van der Waals surface area contributed by atoms with Crippen molar-refractivity contribution in [3.05, 3.63) is 34.3 Å². The van der Waals surface area contributed by atoms with Crippen molar-refractivity contribution >= 4 is 22.2 Å². The van der Waals surface area contributed by atoms with Gasteiger partial charge >= 0.3 is 0 Å². The summed E-state index contributed by atoms with van der Waals surface area (Å²) in [7, 11) is 0. The zero-order valence-electron chi connectivity index (χ0n) is 7.66. The van der Waals surface area contributed by atoms with E-state index in [9.17, 15) is 4.79 Å². The van der Waals surface area contributed by atoms with Gasteiger partial charge in [-0.1, -0.05) is 35.0 Å². The fourth-order valence-electron chi connectivity index (χ4n) is 1.27. The molecule has 0 fully saturated rings. The molecule has 0 N–H and O–H groups in total. The first kappa shape index (κ1) is 10.5. The maximum Gasteiger partial charge on any atom is 0.120 e. The Labute approximate surface area is 87.3 Å². The molecule has 0 heterocycles. The predicted octanol–water partition coefficient (Wildman–Crippen LogP) is 3.22. The molecule has 2 heteroatoms. The second-order valence-corrected chi connectivity index (χ2v) is 4.25. The van der Waals surface area contributed by atoms with Gasteiger partial charge in [-0.3, -0.25) is 0 Å². The number of carbonyl (C=O) groups excluding carboxylic acids is 1. The standard InChI is InChI=1S/C11H13BrO/c1-9(6-7-13)8-10-2-4-11(12)5-3-10/h2-5,7,9H,6,8H2,1H3. The van der Waals surface area contributed by atoms with Crippen molar-refractivity contribution in [2.75, 3.05) is 0 Å². The molecule has 0 amide bonds. The number of aldehydes is 1. The molecular formula is C11H13BrO. The van der Waals surface area contributed by atoms with Gasteiger partial charge in [-0.25, -0.2) is 0 Å². The minimum Gasteiger partial charge on any atom is -0.303 e. The summed E-state index contributed by atoms with van der Waals surface area (Å²) in [6.45, 7) is 2.09. The molecule has 1 unspecified atom stereocenters. The van der Waals surface area contributed by atoms with Crippen LogP contribution in [0.25, 0.3) is 0 Å². The molecule has 1 aromatic carbocycles. The van der Waals surface area contributed by atoms with Gasteiger partial charge in [0, 0.05) is 10.9 Å². The zero-order valence-corrected chi connectivity index (χ0v) is 9.25. The fraction of sp³-hybridized carbons (Fsp3) is 0.364. The van der Waals surface area contributed by atoms with Gasteiger partial charge in [-0.2, -0.15) is 0 Å². The van der Waals surface area contributed by atoms with Crippen LogP contribution in [-0.4, -0.2) is 6.29 Å². The lowest BCUT2D eigenvalue weighted by Crippen LogP contribution is -1.99. The summed E-state index contributed by atoms with van der Waals surface area (Å²) >= 11 is 3.39. The maximum absolute atomic E-state index is 10.3. The third kappa shape index (κ3) is 3.73. The van der Waals surface area contributed by atoms with E-state index in [-0.39, 0.29) is 0 Å². The summed E-state index contributed by atoms with van der Waals surface area (Å²) in [5.74, 6) is 0.443. The van der Waals surface area contributed by atoms with E-state index in [1.807, 2.05) is 12.1 Å². The van der Waals surface area contributed by atoms with Gasteiger partial charge in [-0.05, 0) is 30.0 Å². The monoisotopic (exact) mass is 240 g/mol. The lowest BCUT2D eigenvalue weighted by atomic mass is 9.99. The number of hydrogen-bond acceptors (Lipinski definition) is 1. The highest BCUT2D eigenvalue weighted by atomic mass is 79.9. The Bertz CT molecular complexity index is 266. The topological polar surface area (TPSA) is 17.1 Å². The quantitative estimate of drug-likeness (QED) is 0.739. The van der Waals surface area contributed by atoms with Crippen molar-refractivity contribution in [1.82, 2.24) is 0 Å². The van der Waals surface area contributed by atoms with Crippen LogP contribution in [0, 0.1) is 5.92 Å². The summed E-state index contributed by atoms with van der Waals surface area (Å²) in [6.07, 6.45) is 2.62. The van der Waals surface area contributed by atoms with Gasteiger partial charge in [0.25, 0.3) is 0 Å². The molecule has 1 rings (SSSR count). The van der Waals surface area contributed by atoms with Crippen LogP contribution >= 0.6 is 15.9 Å². The van der Waals surface area contributed by atoms with E-state index in [1.54, 1.807) is 0 Å². The Morgan fingerprint density at radius 3 is 2.54 bits per heavy atom. The molecule has 0 aliphatic carbocycles. The first-order valence-corrected chi connectivity index (χ1v) is 5.19. The highest BCUT2D eigenvalue weighted by molar-refractivity contribution is 9.10. The van der Waals surface area contributed by atoms with Crippen molar-refractivity contribution in [1.29, 1.82) is 0 Å². The zero-order chi connectivity index (χ0) is 9.68. The van der Waals surface area contributed by atoms with Crippen LogP contribution in [0.5, 0.6) is 0 Å². The second-order valence-electron chi connectivity index (χ2n) is 3.34. The number of carbonyl (C=O) groups is 1. The molecule has 0 spiro atoms. The molecule has 1 nitrogen and oxygen atoms in total. The Hall–Kier alpha value is -0.630. The van der Waals surface area contributed by atoms with E-state index in [2.05, 4.69) is 35.0 Å². The van der Waals surface area contributed by atoms with E-state index >= 15 is 0 Å². The van der Waals surface area contributed by atoms with Crippen LogP contribution in [0.4, 0.5) is 0 Å². The van der Waals surface area contributed by atoms with Crippen LogP contribution in [0.15, 0.2) is 28.7 Å². The van der Waals surface area contributed by atoms with Gasteiger partial charge < -0.3 is 4.79 Å². The number of halogens is 1. The first-order chi connectivity index (χ1) is 6.22. The number of hydrogen-bond donors (Lipinski definition) is 0. The molecule has 0 saturated heterocycles. The molecule has 70 valence electrons. The largest absolute Gasteiger partial charge is 0.303 e. The Balaban J connectivity index is 2.53. The maximum atomic E-state index is 10.3. The van der Waals surface area contributed by atoms with Crippen LogP contribution in [-0.2, 0) is 11.2 Å². The molecule has 0 aliphatic heterocycles. The van der Waals surface area contributed by atoms with E-state index in [1.165, 1.54) is 5.56 Å². The molecule has 0 radical (unpaired) electrons. The van der Waals surface area contributed by atoms with E-state index < -0.39 is 0 Å². The van der Waals surface area contributed by atoms with Gasteiger partial charge in [-0.15, -0.1) is 0 Å². The summed E-state index contributed by atoms with van der Waals surface area (Å²) in [5, 5.41) is 0. The average molecular weight is 241 g/mol. The highest BCUT2D eigenvalue weighted by Crippen LogP contribution is 2.14. The molecule has 13 heavy (non-hydrogen) atoms. The molecule has 0 saturated carbocycles. The highest BCUT2D eigenvalue weighted by Gasteiger charge is 2.02. The van der Waals surface area contributed by atoms with Gasteiger partial charge in [0.2, 0.25) is 0 Å². The number of rotatable bonds is 4. The fourth-order valence-corrected chi connectivity index (χ4v) is 1.53. The minimum atomic E-state index is 0.443. The first-order valence-electron chi connectivity index (χ1n) is 4.40. The average Bonchev–Trinajstić information content (AvgIpc) is 2.09. The lowest BCUT2D eigenvalue weighted by Gasteiger charge is -2.06. The van der Waals surface area contributed by atoms with Gasteiger partial charge in [0.1, 0.15) is 6.29 Å². The van der Waals surface area contributed by atoms with Gasteiger partial charge in [0.15, 0.2) is 0 Å². The lowest BCUT2D eigenvalue weighted by molar-refractivity contribution is -0.108. The molecule has 1 atom stereocenters. The second kappa shape index (κ2) is 5.18. The SMILES string of the molecule is CC(CC=O)Cc1ccc(Br)cc1. The normalized spacial score (nSPS) is 12.5. The third-order valence-corrected chi connectivity index (χ3v) is 2.52. The minimum absolute atomic E-state index is 0.443. The summed E-state index contributed by atoms with van der Waals surface area (Å²) < 4.78 is 1.10. The molecule has 0 aliphatic rings. The number of benzene rings is 1. The molecule has 0 bridgehead atoms. The Kier molecular flexibility index (Phi) is 4.16. The Morgan fingerprint density at radius 2 is 2.00 bits per heavy atom. The summed E-state index contributed by atoms with van der Waals surface area (Å²) in [4.78, 5) is 10.3. The van der Waals surface area contributed by atoms with Crippen LogP contribution in [0.2, 0.25) is 0 Å². The Morgan fingerprint density at radius 1 is 1.38 bits per heavy atom. The van der Waals surface area contributed by atoms with E-state index in [0.717, 1.165) is 17.2 Å². The van der Waals surface area contributed by atoms with Crippen LogP contribution in [0.3, 0.4) is 0 Å². The smallest absolute Gasteiger partial charge is 0.120 e. The molecular weight excluding hydrogens is 228 g/mol. The summed E-state index contributed by atoms with van der Waals surface area (Å²) in [5.41, 5.74) is 1.29. The van der Waals surface area contributed by atoms with E-state index in [4.69, 9.17) is 0 Å². The third-order valence-electron chi connectivity index (χ3n) is 2.00. The van der Waals surface area contributed by atoms with Crippen LogP contribution < -0.4 is 0 Å². The van der Waals surface area contributed by atoms with Crippen LogP contribution in [0.1, 0.15) is 18.9 Å².